The van der Waals surface area contributed by atoms with Crippen LogP contribution in [0.2, 0.25) is 0 Å². The number of carbonyl (C=O) groups excluding carboxylic acids is 3. The molecule has 2 fully saturated rings. The molecule has 0 aromatic carbocycles. The van der Waals surface area contributed by atoms with Gasteiger partial charge in [-0.15, -0.1) is 0 Å². The molecule has 174 valence electrons. The van der Waals surface area contributed by atoms with Gasteiger partial charge in [0.2, 0.25) is 11.8 Å². The molecule has 2 rings (SSSR count). The summed E-state index contributed by atoms with van der Waals surface area (Å²) >= 11 is 0. The summed E-state index contributed by atoms with van der Waals surface area (Å²) in [4.78, 5) is 49.8. The highest BCUT2D eigenvalue weighted by atomic mass is 16.5. The van der Waals surface area contributed by atoms with Crippen LogP contribution in [0.15, 0.2) is 12.7 Å². The predicted molar refractivity (Wildman–Crippen MR) is 113 cm³/mol. The molecule has 2 saturated heterocycles. The van der Waals surface area contributed by atoms with Crippen LogP contribution in [0.3, 0.4) is 0 Å². The Morgan fingerprint density at radius 1 is 1.23 bits per heavy atom. The van der Waals surface area contributed by atoms with Gasteiger partial charge < -0.3 is 30.7 Å². The molecule has 2 aliphatic heterocycles. The monoisotopic (exact) mass is 438 g/mol. The first-order chi connectivity index (χ1) is 14.9. The smallest absolute Gasteiger partial charge is 0.408 e. The van der Waals surface area contributed by atoms with Crippen molar-refractivity contribution in [3.05, 3.63) is 12.7 Å². The van der Waals surface area contributed by atoms with E-state index in [2.05, 4.69) is 22.5 Å². The first-order valence-electron chi connectivity index (χ1n) is 10.9. The zero-order chi connectivity index (χ0) is 22.6. The normalized spacial score (nSPS) is 20.4. The Morgan fingerprint density at radius 2 is 1.97 bits per heavy atom. The zero-order valence-corrected chi connectivity index (χ0v) is 17.9. The second kappa shape index (κ2) is 12.9. The number of carbonyl (C=O) groups is 4. The largest absolute Gasteiger partial charge is 0.480 e. The van der Waals surface area contributed by atoms with Gasteiger partial charge in [0.1, 0.15) is 12.6 Å². The van der Waals surface area contributed by atoms with Crippen molar-refractivity contribution in [2.24, 2.45) is 11.8 Å². The summed E-state index contributed by atoms with van der Waals surface area (Å²) in [6.45, 7) is 6.07. The molecule has 3 amide bonds. The molecule has 1 unspecified atom stereocenters. The van der Waals surface area contributed by atoms with Crippen LogP contribution in [0.25, 0.3) is 0 Å². The molecule has 4 N–H and O–H groups in total. The number of ether oxygens (including phenoxy) is 1. The number of nitrogens with zero attached hydrogens (tertiary/aromatic N) is 1. The van der Waals surface area contributed by atoms with E-state index in [1.165, 1.54) is 6.08 Å². The van der Waals surface area contributed by atoms with Crippen molar-refractivity contribution in [2.45, 2.75) is 44.6 Å². The number of rotatable bonds is 10. The van der Waals surface area contributed by atoms with Crippen molar-refractivity contribution in [1.29, 1.82) is 0 Å². The fraction of sp³-hybridized carbons (Fsp3) is 0.714. The van der Waals surface area contributed by atoms with E-state index in [1.54, 1.807) is 4.90 Å². The number of hydrogen-bond donors (Lipinski definition) is 4. The first-order valence-corrected chi connectivity index (χ1v) is 10.9. The Balaban J connectivity index is 1.77. The van der Waals surface area contributed by atoms with Crippen LogP contribution in [-0.4, -0.2) is 79.3 Å². The molecule has 0 spiro atoms. The number of piperidine rings is 2. The van der Waals surface area contributed by atoms with Gasteiger partial charge in [-0.25, -0.2) is 9.59 Å². The van der Waals surface area contributed by atoms with E-state index >= 15 is 0 Å². The molecule has 0 bridgehead atoms. The first kappa shape index (κ1) is 24.6. The van der Waals surface area contributed by atoms with Crippen LogP contribution in [0, 0.1) is 11.8 Å². The molecule has 10 nitrogen and oxygen atoms in total. The van der Waals surface area contributed by atoms with Crippen LogP contribution in [0.4, 0.5) is 4.79 Å². The highest BCUT2D eigenvalue weighted by Gasteiger charge is 2.30. The van der Waals surface area contributed by atoms with Gasteiger partial charge in [-0.2, -0.15) is 0 Å². The van der Waals surface area contributed by atoms with Crippen molar-refractivity contribution in [2.75, 3.05) is 39.3 Å². The summed E-state index contributed by atoms with van der Waals surface area (Å²) in [5, 5.41) is 17.3. The molecule has 0 aromatic heterocycles. The predicted octanol–water partition coefficient (Wildman–Crippen LogP) is 0.486. The van der Waals surface area contributed by atoms with E-state index in [0.717, 1.165) is 38.8 Å². The number of carboxylic acid groups (broad SMARTS) is 1. The minimum atomic E-state index is -1.31. The lowest BCUT2D eigenvalue weighted by molar-refractivity contribution is -0.139. The molecule has 0 aromatic rings. The maximum Gasteiger partial charge on any atom is 0.408 e. The minimum absolute atomic E-state index is 0.0475. The third-order valence-electron chi connectivity index (χ3n) is 5.77. The van der Waals surface area contributed by atoms with E-state index in [9.17, 15) is 24.3 Å². The zero-order valence-electron chi connectivity index (χ0n) is 17.9. The van der Waals surface area contributed by atoms with E-state index < -0.39 is 24.0 Å². The standard InChI is InChI=1S/C21H34N4O6/c1-2-12-31-21(30)24-17(20(28)29)13-23-19(27)16-4-3-11-25(14-16)18(26)6-5-15-7-9-22-10-8-15/h2,15-17,22H,1,3-14H2,(H,23,27)(H,24,30)(H,28,29)/t16-,17?/m1/s1. The summed E-state index contributed by atoms with van der Waals surface area (Å²) in [5.74, 6) is -1.34. The lowest BCUT2D eigenvalue weighted by Gasteiger charge is -2.33. The second-order valence-corrected chi connectivity index (χ2v) is 8.08. The number of carboxylic acids is 1. The maximum absolute atomic E-state index is 12.6. The Bertz CT molecular complexity index is 650. The molecule has 2 atom stereocenters. The minimum Gasteiger partial charge on any atom is -0.480 e. The lowest BCUT2D eigenvalue weighted by Crippen LogP contribution is -2.51. The number of hydrogen-bond acceptors (Lipinski definition) is 6. The summed E-state index contributed by atoms with van der Waals surface area (Å²) < 4.78 is 4.71. The Morgan fingerprint density at radius 3 is 2.65 bits per heavy atom. The topological polar surface area (TPSA) is 137 Å². The van der Waals surface area contributed by atoms with Gasteiger partial charge in [0.05, 0.1) is 5.92 Å². The number of likely N-dealkylation sites (tertiary alicyclic amines) is 1. The SMILES string of the molecule is C=CCOC(=O)NC(CNC(=O)[C@@H]1CCCN(C(=O)CCC2CCNCC2)C1)C(=O)O. The highest BCUT2D eigenvalue weighted by Crippen LogP contribution is 2.21. The van der Waals surface area contributed by atoms with Gasteiger partial charge in [0.15, 0.2) is 0 Å². The van der Waals surface area contributed by atoms with Gasteiger partial charge in [0, 0.05) is 26.1 Å². The van der Waals surface area contributed by atoms with Crippen molar-refractivity contribution < 1.29 is 29.0 Å². The third-order valence-corrected chi connectivity index (χ3v) is 5.77. The number of amides is 3. The summed E-state index contributed by atoms with van der Waals surface area (Å²) in [6.07, 6.45) is 5.39. The third kappa shape index (κ3) is 8.56. The fourth-order valence-electron chi connectivity index (χ4n) is 3.94. The van der Waals surface area contributed by atoms with Gasteiger partial charge in [-0.05, 0) is 51.1 Å². The molecule has 10 heteroatoms. The number of aliphatic carboxylic acids is 1. The molecule has 2 aliphatic rings. The second-order valence-electron chi connectivity index (χ2n) is 8.08. The van der Waals surface area contributed by atoms with Gasteiger partial charge in [0.25, 0.3) is 0 Å². The molecular formula is C21H34N4O6. The average Bonchev–Trinajstić information content (AvgIpc) is 2.79. The van der Waals surface area contributed by atoms with E-state index in [1.807, 2.05) is 0 Å². The molecular weight excluding hydrogens is 404 g/mol. The molecule has 31 heavy (non-hydrogen) atoms. The maximum atomic E-state index is 12.6. The quantitative estimate of drug-likeness (QED) is 0.364. The van der Waals surface area contributed by atoms with Gasteiger partial charge >= 0.3 is 12.1 Å². The summed E-state index contributed by atoms with van der Waals surface area (Å²) in [7, 11) is 0. The molecule has 0 saturated carbocycles. The summed E-state index contributed by atoms with van der Waals surface area (Å²) in [6, 6.07) is -1.31. The van der Waals surface area contributed by atoms with E-state index in [4.69, 9.17) is 4.74 Å². The molecule has 0 radical (unpaired) electrons. The number of nitrogens with one attached hydrogen (secondary N) is 3. The van der Waals surface area contributed by atoms with Gasteiger partial charge in [-0.3, -0.25) is 9.59 Å². The lowest BCUT2D eigenvalue weighted by atomic mass is 9.92. The van der Waals surface area contributed by atoms with E-state index in [0.29, 0.717) is 31.8 Å². The highest BCUT2D eigenvalue weighted by molar-refractivity contribution is 5.83. The van der Waals surface area contributed by atoms with Crippen LogP contribution >= 0.6 is 0 Å². The van der Waals surface area contributed by atoms with Crippen molar-refractivity contribution in [1.82, 2.24) is 20.9 Å². The fourth-order valence-corrected chi connectivity index (χ4v) is 3.94. The average molecular weight is 439 g/mol. The van der Waals surface area contributed by atoms with E-state index in [-0.39, 0.29) is 25.0 Å². The Kier molecular flexibility index (Phi) is 10.3. The van der Waals surface area contributed by atoms with Crippen molar-refractivity contribution >= 4 is 23.9 Å². The summed E-state index contributed by atoms with van der Waals surface area (Å²) in [5.41, 5.74) is 0. The Labute approximate surface area is 182 Å². The Hall–Kier alpha value is -2.62. The van der Waals surface area contributed by atoms with Crippen LogP contribution in [-0.2, 0) is 19.1 Å². The van der Waals surface area contributed by atoms with Crippen LogP contribution in [0.5, 0.6) is 0 Å². The van der Waals surface area contributed by atoms with Crippen LogP contribution in [0.1, 0.15) is 38.5 Å². The van der Waals surface area contributed by atoms with Gasteiger partial charge in [-0.1, -0.05) is 12.7 Å². The van der Waals surface area contributed by atoms with Crippen molar-refractivity contribution in [3.63, 3.8) is 0 Å². The number of alkyl carbamates (subject to hydrolysis) is 1. The molecule has 0 aliphatic carbocycles. The molecule has 2 heterocycles. The van der Waals surface area contributed by atoms with Crippen molar-refractivity contribution in [3.8, 4) is 0 Å². The van der Waals surface area contributed by atoms with Crippen LogP contribution < -0.4 is 16.0 Å².